The van der Waals surface area contributed by atoms with Crippen LogP contribution in [0.3, 0.4) is 0 Å². The number of hydrogen-bond acceptors (Lipinski definition) is 5. The molecule has 5 rings (SSSR count). The van der Waals surface area contributed by atoms with Gasteiger partial charge in [0.1, 0.15) is 11.9 Å². The third kappa shape index (κ3) is 7.44. The van der Waals surface area contributed by atoms with E-state index >= 15 is 0 Å². The number of hydrogen-bond donors (Lipinski definition) is 2. The van der Waals surface area contributed by atoms with Crippen molar-refractivity contribution in [2.24, 2.45) is 0 Å². The normalized spacial score (nSPS) is 21.9. The molecule has 1 saturated heterocycles. The van der Waals surface area contributed by atoms with E-state index in [9.17, 15) is 22.4 Å². The van der Waals surface area contributed by atoms with E-state index < -0.39 is 15.9 Å². The van der Waals surface area contributed by atoms with Gasteiger partial charge < -0.3 is 15.5 Å². The first-order chi connectivity index (χ1) is 20.1. The van der Waals surface area contributed by atoms with Crippen LogP contribution in [0.2, 0.25) is 0 Å². The van der Waals surface area contributed by atoms with Crippen LogP contribution in [-0.2, 0) is 14.6 Å². The van der Waals surface area contributed by atoms with Crippen molar-refractivity contribution in [3.63, 3.8) is 0 Å². The molecule has 3 aromatic rings. The van der Waals surface area contributed by atoms with Crippen LogP contribution in [0.1, 0.15) is 54.4 Å². The summed E-state index contributed by atoms with van der Waals surface area (Å²) in [6, 6.07) is 23.1. The van der Waals surface area contributed by atoms with Gasteiger partial charge in [0.25, 0.3) is 5.91 Å². The van der Waals surface area contributed by atoms with E-state index in [1.54, 1.807) is 17.0 Å². The van der Waals surface area contributed by atoms with Gasteiger partial charge in [-0.3, -0.25) is 9.59 Å². The van der Waals surface area contributed by atoms with Crippen molar-refractivity contribution in [3.05, 3.63) is 95.8 Å². The lowest BCUT2D eigenvalue weighted by molar-refractivity contribution is -0.133. The number of halogens is 1. The molecule has 3 aromatic carbocycles. The molecule has 0 aromatic heterocycles. The lowest BCUT2D eigenvalue weighted by atomic mass is 10.0. The van der Waals surface area contributed by atoms with E-state index in [1.165, 1.54) is 12.1 Å². The summed E-state index contributed by atoms with van der Waals surface area (Å²) in [5.74, 6) is -0.576. The minimum Gasteiger partial charge on any atom is -0.340 e. The second kappa shape index (κ2) is 12.8. The van der Waals surface area contributed by atoms with Gasteiger partial charge >= 0.3 is 0 Å². The molecule has 0 spiro atoms. The monoisotopic (exact) mass is 591 g/mol. The number of nitrogens with zero attached hydrogens (tertiary/aromatic N) is 1. The summed E-state index contributed by atoms with van der Waals surface area (Å²) in [5, 5.41) is 6.55. The van der Waals surface area contributed by atoms with Crippen LogP contribution in [0.5, 0.6) is 0 Å². The average Bonchev–Trinajstić information content (AvgIpc) is 3.67. The van der Waals surface area contributed by atoms with Crippen molar-refractivity contribution in [1.29, 1.82) is 0 Å². The van der Waals surface area contributed by atoms with Gasteiger partial charge in [-0.25, -0.2) is 12.8 Å². The Morgan fingerprint density at radius 2 is 1.57 bits per heavy atom. The summed E-state index contributed by atoms with van der Waals surface area (Å²) in [6.45, 7) is 3.21. The highest BCUT2D eigenvalue weighted by atomic mass is 32.2. The zero-order valence-electron chi connectivity index (χ0n) is 23.9. The number of sulfone groups is 1. The summed E-state index contributed by atoms with van der Waals surface area (Å²) in [7, 11) is -3.14. The second-order valence-electron chi connectivity index (χ2n) is 11.6. The fourth-order valence-corrected chi connectivity index (χ4v) is 6.89. The Balaban J connectivity index is 1.17. The first-order valence-corrected chi connectivity index (χ1v) is 16.4. The van der Waals surface area contributed by atoms with Crippen molar-refractivity contribution in [2.45, 2.75) is 50.1 Å². The molecular weight excluding hydrogens is 553 g/mol. The van der Waals surface area contributed by atoms with Crippen molar-refractivity contribution >= 4 is 21.7 Å². The molecule has 0 bridgehead atoms. The third-order valence-electron chi connectivity index (χ3n) is 8.47. The van der Waals surface area contributed by atoms with Gasteiger partial charge in [0, 0.05) is 30.1 Å². The molecule has 1 aliphatic carbocycles. The molecule has 222 valence electrons. The molecule has 1 unspecified atom stereocenters. The van der Waals surface area contributed by atoms with Crippen molar-refractivity contribution in [2.75, 3.05) is 31.1 Å². The van der Waals surface area contributed by atoms with E-state index in [1.807, 2.05) is 54.6 Å². The summed E-state index contributed by atoms with van der Waals surface area (Å²) in [5.41, 5.74) is 3.60. The highest BCUT2D eigenvalue weighted by Gasteiger charge is 2.50. The molecule has 2 fully saturated rings. The van der Waals surface area contributed by atoms with E-state index in [4.69, 9.17) is 0 Å². The maximum Gasteiger partial charge on any atom is 0.251 e. The van der Waals surface area contributed by atoms with Gasteiger partial charge in [-0.15, -0.1) is 0 Å². The molecule has 1 saturated carbocycles. The molecule has 2 amide bonds. The molecule has 2 aliphatic rings. The zero-order chi connectivity index (χ0) is 29.7. The zero-order valence-corrected chi connectivity index (χ0v) is 24.7. The van der Waals surface area contributed by atoms with Gasteiger partial charge in [0.2, 0.25) is 5.91 Å². The molecule has 3 atom stereocenters. The number of unbranched alkanes of at least 4 members (excludes halogenated alkanes) is 1. The molecule has 2 N–H and O–H groups in total. The summed E-state index contributed by atoms with van der Waals surface area (Å²) < 4.78 is 37.1. The van der Waals surface area contributed by atoms with E-state index in [-0.39, 0.29) is 47.8 Å². The van der Waals surface area contributed by atoms with Crippen LogP contribution < -0.4 is 10.6 Å². The van der Waals surface area contributed by atoms with Crippen LogP contribution in [0.4, 0.5) is 4.39 Å². The average molecular weight is 592 g/mol. The molecule has 7 nitrogen and oxygen atoms in total. The molecule has 9 heteroatoms. The minimum absolute atomic E-state index is 0.0352. The van der Waals surface area contributed by atoms with E-state index in [0.29, 0.717) is 24.3 Å². The number of rotatable bonds is 11. The van der Waals surface area contributed by atoms with Crippen molar-refractivity contribution in [1.82, 2.24) is 15.5 Å². The molecule has 1 heterocycles. The topological polar surface area (TPSA) is 95.6 Å². The number of carbonyl (C=O) groups is 2. The van der Waals surface area contributed by atoms with Crippen LogP contribution >= 0.6 is 0 Å². The highest BCUT2D eigenvalue weighted by Crippen LogP contribution is 2.51. The van der Waals surface area contributed by atoms with Crippen LogP contribution in [0, 0.1) is 5.82 Å². The SMILES string of the molecule is CC1(NCCCC[C@H](NC(=O)c2ccc(-c3ccccc3)cc2)C(=O)N2CCS(=O)(=O)CC2)C[C@H]1c1ccc(F)cc1. The quantitative estimate of drug-likeness (QED) is 0.319. The standard InChI is InChI=1S/C33H38FN3O4S/c1-33(23-29(33)26-14-16-28(34)17-15-26)35-18-6-5-9-30(32(39)37-19-21-42(40,41)22-20-37)36-31(38)27-12-10-25(11-13-27)24-7-3-2-4-8-24/h2-4,7-8,10-17,29-30,35H,5-6,9,18-23H2,1H3,(H,36,38)/t29-,30-,33?/m0/s1. The minimum atomic E-state index is -3.14. The lowest BCUT2D eigenvalue weighted by Gasteiger charge is -2.30. The maximum atomic E-state index is 13.4. The Morgan fingerprint density at radius 3 is 2.24 bits per heavy atom. The first-order valence-electron chi connectivity index (χ1n) is 14.6. The predicted octanol–water partition coefficient (Wildman–Crippen LogP) is 4.55. The second-order valence-corrected chi connectivity index (χ2v) is 13.9. The fourth-order valence-electron chi connectivity index (χ4n) is 5.69. The molecule has 42 heavy (non-hydrogen) atoms. The predicted molar refractivity (Wildman–Crippen MR) is 162 cm³/mol. The number of nitrogens with one attached hydrogen (secondary N) is 2. The first kappa shape index (κ1) is 29.9. The van der Waals surface area contributed by atoms with Gasteiger partial charge in [0.15, 0.2) is 9.84 Å². The van der Waals surface area contributed by atoms with Crippen molar-refractivity contribution in [3.8, 4) is 11.1 Å². The largest absolute Gasteiger partial charge is 0.340 e. The highest BCUT2D eigenvalue weighted by molar-refractivity contribution is 7.91. The summed E-state index contributed by atoms with van der Waals surface area (Å²) in [4.78, 5) is 28.2. The van der Waals surface area contributed by atoms with E-state index in [0.717, 1.165) is 36.1 Å². The summed E-state index contributed by atoms with van der Waals surface area (Å²) >= 11 is 0. The lowest BCUT2D eigenvalue weighted by Crippen LogP contribution is -2.52. The number of benzene rings is 3. The third-order valence-corrected chi connectivity index (χ3v) is 10.1. The Morgan fingerprint density at radius 1 is 0.929 bits per heavy atom. The summed E-state index contributed by atoms with van der Waals surface area (Å²) in [6.07, 6.45) is 2.96. The van der Waals surface area contributed by atoms with Gasteiger partial charge in [0.05, 0.1) is 11.5 Å². The molecule has 0 radical (unpaired) electrons. The van der Waals surface area contributed by atoms with Crippen LogP contribution in [-0.4, -0.2) is 67.9 Å². The Bertz CT molecular complexity index is 1480. The van der Waals surface area contributed by atoms with Crippen LogP contribution in [0.15, 0.2) is 78.9 Å². The maximum absolute atomic E-state index is 13.4. The smallest absolute Gasteiger partial charge is 0.251 e. The Labute approximate surface area is 247 Å². The number of carbonyl (C=O) groups excluding carboxylic acids is 2. The van der Waals surface area contributed by atoms with Gasteiger partial charge in [-0.05, 0) is 80.1 Å². The number of amides is 2. The fraction of sp³-hybridized carbons (Fsp3) is 0.394. The van der Waals surface area contributed by atoms with Crippen molar-refractivity contribution < 1.29 is 22.4 Å². The van der Waals surface area contributed by atoms with Crippen LogP contribution in [0.25, 0.3) is 11.1 Å². The van der Waals surface area contributed by atoms with Gasteiger partial charge in [-0.1, -0.05) is 54.6 Å². The van der Waals surface area contributed by atoms with E-state index in [2.05, 4.69) is 17.6 Å². The van der Waals surface area contributed by atoms with Gasteiger partial charge in [-0.2, -0.15) is 0 Å². The molecular formula is C33H38FN3O4S. The Kier molecular flexibility index (Phi) is 9.08. The molecule has 1 aliphatic heterocycles. The Hall–Kier alpha value is -3.56.